The molecule has 2 N–H and O–H groups in total. The number of hydrogen-bond donors (Lipinski definition) is 2. The summed E-state index contributed by atoms with van der Waals surface area (Å²) in [7, 11) is 3.77. The van der Waals surface area contributed by atoms with Crippen molar-refractivity contribution in [1.29, 1.82) is 0 Å². The summed E-state index contributed by atoms with van der Waals surface area (Å²) < 4.78 is 51.5. The minimum absolute atomic E-state index is 0.136. The van der Waals surface area contributed by atoms with Gasteiger partial charge in [0, 0.05) is 36.2 Å². The summed E-state index contributed by atoms with van der Waals surface area (Å²) in [4.78, 5) is 23.0. The number of amides is 1. The van der Waals surface area contributed by atoms with Crippen LogP contribution in [-0.2, 0) is 15.7 Å². The summed E-state index contributed by atoms with van der Waals surface area (Å²) in [6.45, 7) is 1.57. The molecule has 1 aromatic heterocycles. The molecule has 1 amide bonds. The van der Waals surface area contributed by atoms with Gasteiger partial charge in [0.25, 0.3) is 0 Å². The topological polar surface area (TPSA) is 88.6 Å². The zero-order chi connectivity index (χ0) is 26.6. The van der Waals surface area contributed by atoms with E-state index in [0.29, 0.717) is 48.5 Å². The predicted molar refractivity (Wildman–Crippen MR) is 135 cm³/mol. The van der Waals surface area contributed by atoms with Crippen molar-refractivity contribution in [2.45, 2.75) is 18.7 Å². The van der Waals surface area contributed by atoms with Crippen LogP contribution in [0, 0.1) is 0 Å². The lowest BCUT2D eigenvalue weighted by Gasteiger charge is -2.18. The van der Waals surface area contributed by atoms with Crippen LogP contribution in [0.1, 0.15) is 12.0 Å². The van der Waals surface area contributed by atoms with E-state index in [2.05, 4.69) is 20.6 Å². The number of rotatable bonds is 8. The van der Waals surface area contributed by atoms with E-state index in [-0.39, 0.29) is 23.5 Å². The van der Waals surface area contributed by atoms with Crippen molar-refractivity contribution in [3.8, 4) is 5.75 Å². The molecule has 4 rings (SSSR count). The van der Waals surface area contributed by atoms with Gasteiger partial charge in [-0.2, -0.15) is 13.2 Å². The lowest BCUT2D eigenvalue weighted by molar-refractivity contribution is -0.137. The van der Waals surface area contributed by atoms with Gasteiger partial charge >= 0.3 is 6.18 Å². The maximum Gasteiger partial charge on any atom is 0.417 e. The zero-order valence-corrected chi connectivity index (χ0v) is 20.9. The van der Waals surface area contributed by atoms with Crippen molar-refractivity contribution in [2.24, 2.45) is 0 Å². The molecule has 2 heterocycles. The molecule has 0 radical (unpaired) electrons. The fraction of sp³-hybridized carbons (Fsp3) is 0.320. The highest BCUT2D eigenvalue weighted by atomic mass is 35.5. The summed E-state index contributed by atoms with van der Waals surface area (Å²) >= 11 is 5.74. The molecule has 12 heteroatoms. The number of anilines is 3. The second-order valence-electron chi connectivity index (χ2n) is 8.66. The molecule has 1 aliphatic rings. The Morgan fingerprint density at radius 3 is 2.78 bits per heavy atom. The normalized spacial score (nSPS) is 16.0. The summed E-state index contributed by atoms with van der Waals surface area (Å²) in [6, 6.07) is 6.77. The summed E-state index contributed by atoms with van der Waals surface area (Å²) in [6.07, 6.45) is 0.317. The molecule has 0 saturated carbocycles. The number of nitrogens with zero attached hydrogens (tertiary/aromatic N) is 3. The van der Waals surface area contributed by atoms with E-state index in [4.69, 9.17) is 21.1 Å². The molecule has 196 valence electrons. The number of benzene rings is 2. The lowest BCUT2D eigenvalue weighted by atomic mass is 10.1. The highest BCUT2D eigenvalue weighted by Crippen LogP contribution is 2.38. The largest absolute Gasteiger partial charge is 0.486 e. The molecule has 0 spiro atoms. The average Bonchev–Trinajstić information content (AvgIpc) is 3.33. The molecular weight excluding hydrogens is 511 g/mol. The second-order valence-corrected chi connectivity index (χ2v) is 9.07. The number of hydrogen-bond acceptors (Lipinski definition) is 7. The molecule has 1 unspecified atom stereocenters. The highest BCUT2D eigenvalue weighted by molar-refractivity contribution is 6.31. The van der Waals surface area contributed by atoms with E-state index < -0.39 is 16.8 Å². The van der Waals surface area contributed by atoms with Gasteiger partial charge in [-0.1, -0.05) is 17.7 Å². The first-order chi connectivity index (χ1) is 17.6. The Balaban J connectivity index is 1.70. The molecule has 1 fully saturated rings. The molecule has 0 bridgehead atoms. The number of ether oxygens (including phenoxy) is 2. The Kier molecular flexibility index (Phi) is 8.16. The number of nitrogens with one attached hydrogen (secondary N) is 2. The predicted octanol–water partition coefficient (Wildman–Crippen LogP) is 5.27. The van der Waals surface area contributed by atoms with Crippen molar-refractivity contribution in [2.75, 3.05) is 44.5 Å². The smallest absolute Gasteiger partial charge is 0.417 e. The second kappa shape index (κ2) is 11.3. The average molecular weight is 536 g/mol. The molecule has 0 aliphatic carbocycles. The number of alkyl halides is 3. The number of carbonyl (C=O) groups is 1. The van der Waals surface area contributed by atoms with Gasteiger partial charge in [0.2, 0.25) is 5.91 Å². The third kappa shape index (κ3) is 6.88. The molecule has 37 heavy (non-hydrogen) atoms. The van der Waals surface area contributed by atoms with Crippen LogP contribution < -0.4 is 15.4 Å². The van der Waals surface area contributed by atoms with Gasteiger partial charge in [0.05, 0.1) is 35.0 Å². The molecule has 2 aromatic carbocycles. The summed E-state index contributed by atoms with van der Waals surface area (Å²) in [5.41, 5.74) is 0.00299. The van der Waals surface area contributed by atoms with Crippen LogP contribution in [0.25, 0.3) is 10.9 Å². The van der Waals surface area contributed by atoms with Crippen LogP contribution in [0.3, 0.4) is 0 Å². The van der Waals surface area contributed by atoms with Crippen LogP contribution >= 0.6 is 11.6 Å². The fourth-order valence-corrected chi connectivity index (χ4v) is 3.89. The molecule has 8 nitrogen and oxygen atoms in total. The van der Waals surface area contributed by atoms with Crippen LogP contribution in [0.2, 0.25) is 5.02 Å². The Labute approximate surface area is 216 Å². The molecule has 1 aliphatic heterocycles. The monoisotopic (exact) mass is 535 g/mol. The van der Waals surface area contributed by atoms with E-state index in [0.717, 1.165) is 12.1 Å². The van der Waals surface area contributed by atoms with E-state index in [9.17, 15) is 18.0 Å². The number of fused-ring (bicyclic) bond motifs is 1. The quantitative estimate of drug-likeness (QED) is 0.380. The van der Waals surface area contributed by atoms with Gasteiger partial charge in [-0.25, -0.2) is 9.97 Å². The van der Waals surface area contributed by atoms with Gasteiger partial charge in [-0.3, -0.25) is 4.79 Å². The van der Waals surface area contributed by atoms with Crippen molar-refractivity contribution in [3.05, 3.63) is 59.4 Å². The first-order valence-corrected chi connectivity index (χ1v) is 11.8. The van der Waals surface area contributed by atoms with E-state index in [1.165, 1.54) is 18.5 Å². The third-order valence-electron chi connectivity index (χ3n) is 5.45. The minimum atomic E-state index is -4.61. The van der Waals surface area contributed by atoms with E-state index >= 15 is 0 Å². The number of aromatic nitrogens is 2. The Hall–Kier alpha value is -3.41. The molecule has 1 atom stereocenters. The Morgan fingerprint density at radius 1 is 1.27 bits per heavy atom. The van der Waals surface area contributed by atoms with E-state index in [1.807, 2.05) is 19.0 Å². The van der Waals surface area contributed by atoms with Crippen LogP contribution in [0.4, 0.5) is 30.4 Å². The standard InChI is InChI=1S/C25H25ClF3N5O3/c1-34(2)8-3-4-23(35)33-21-11-17-20(12-22(21)37-16-7-9-36-13-16)30-14-31-24(17)32-15-5-6-19(26)18(10-15)25(27,28)29/h3-6,10-12,14,16H,7-9,13H2,1-2H3,(H,33,35)(H,30,31,32)/b4-3+. The SMILES string of the molecule is CN(C)C/C=C/C(=O)Nc1cc2c(Nc3ccc(Cl)c(C(F)(F)F)c3)ncnc2cc1OC1CCOC1. The number of carbonyl (C=O) groups excluding carboxylic acids is 1. The van der Waals surface area contributed by atoms with Crippen molar-refractivity contribution in [1.82, 2.24) is 14.9 Å². The minimum Gasteiger partial charge on any atom is -0.486 e. The third-order valence-corrected chi connectivity index (χ3v) is 5.78. The van der Waals surface area contributed by atoms with Crippen LogP contribution in [-0.4, -0.2) is 60.7 Å². The first kappa shape index (κ1) is 26.6. The Bertz CT molecular complexity index is 1310. The molecule has 3 aromatic rings. The number of halogens is 4. The van der Waals surface area contributed by atoms with Crippen molar-refractivity contribution >= 4 is 45.6 Å². The zero-order valence-electron chi connectivity index (χ0n) is 20.1. The van der Waals surface area contributed by atoms with Gasteiger partial charge < -0.3 is 25.0 Å². The van der Waals surface area contributed by atoms with Crippen LogP contribution in [0.5, 0.6) is 5.75 Å². The van der Waals surface area contributed by atoms with Crippen molar-refractivity contribution in [3.63, 3.8) is 0 Å². The molecular formula is C25H25ClF3N5O3. The first-order valence-electron chi connectivity index (χ1n) is 11.4. The summed E-state index contributed by atoms with van der Waals surface area (Å²) in [5.74, 6) is 0.273. The van der Waals surface area contributed by atoms with Gasteiger partial charge in [-0.05, 0) is 38.4 Å². The van der Waals surface area contributed by atoms with Crippen LogP contribution in [0.15, 0.2) is 48.8 Å². The maximum atomic E-state index is 13.3. The summed E-state index contributed by atoms with van der Waals surface area (Å²) in [5, 5.41) is 5.78. The molecule has 1 saturated heterocycles. The highest BCUT2D eigenvalue weighted by Gasteiger charge is 2.33. The maximum absolute atomic E-state index is 13.3. The van der Waals surface area contributed by atoms with Gasteiger partial charge in [0.1, 0.15) is 24.0 Å². The Morgan fingerprint density at radius 2 is 2.08 bits per heavy atom. The number of likely N-dealkylation sites (N-methyl/N-ethyl adjacent to an activating group) is 1. The van der Waals surface area contributed by atoms with Gasteiger partial charge in [0.15, 0.2) is 0 Å². The fourth-order valence-electron chi connectivity index (χ4n) is 3.67. The van der Waals surface area contributed by atoms with E-state index in [1.54, 1.807) is 18.2 Å². The van der Waals surface area contributed by atoms with Gasteiger partial charge in [-0.15, -0.1) is 0 Å². The lowest BCUT2D eigenvalue weighted by Crippen LogP contribution is -2.18. The van der Waals surface area contributed by atoms with Crippen molar-refractivity contribution < 1.29 is 27.4 Å².